The SMILES string of the molecule is C=CCn1c(SCc2nc3ccc(Cl)cc3n2CCO)nnc1-c1ccc(Cl)cc1. The smallest absolute Gasteiger partial charge is 0.192 e. The molecule has 154 valence electrons. The van der Waals surface area contributed by atoms with Crippen LogP contribution in [0, 0.1) is 0 Å². The van der Waals surface area contributed by atoms with Gasteiger partial charge >= 0.3 is 0 Å². The predicted octanol–water partition coefficient (Wildman–Crippen LogP) is 5.07. The number of hydrogen-bond donors (Lipinski definition) is 1. The van der Waals surface area contributed by atoms with Crippen molar-refractivity contribution in [2.45, 2.75) is 24.0 Å². The number of thioether (sulfide) groups is 1. The van der Waals surface area contributed by atoms with Gasteiger partial charge in [0.1, 0.15) is 5.82 Å². The second-order valence-corrected chi connectivity index (χ2v) is 8.35. The van der Waals surface area contributed by atoms with Crippen LogP contribution in [0.3, 0.4) is 0 Å². The van der Waals surface area contributed by atoms with Gasteiger partial charge in [0.2, 0.25) is 0 Å². The summed E-state index contributed by atoms with van der Waals surface area (Å²) in [6, 6.07) is 13.1. The fourth-order valence-electron chi connectivity index (χ4n) is 3.24. The Morgan fingerprint density at radius 2 is 1.80 bits per heavy atom. The highest BCUT2D eigenvalue weighted by atomic mass is 35.5. The molecule has 2 aromatic heterocycles. The molecule has 0 radical (unpaired) electrons. The van der Waals surface area contributed by atoms with Gasteiger partial charge in [0.05, 0.1) is 23.4 Å². The highest BCUT2D eigenvalue weighted by Gasteiger charge is 2.16. The van der Waals surface area contributed by atoms with Gasteiger partial charge in [-0.2, -0.15) is 0 Å². The first-order valence-corrected chi connectivity index (χ1v) is 11.0. The molecule has 0 aliphatic heterocycles. The number of fused-ring (bicyclic) bond motifs is 1. The third-order valence-corrected chi connectivity index (χ3v) is 6.02. The van der Waals surface area contributed by atoms with E-state index < -0.39 is 0 Å². The topological polar surface area (TPSA) is 68.8 Å². The standard InChI is InChI=1S/C21H19Cl2N5OS/c1-2-9-28-20(14-3-5-15(22)6-4-14)25-26-21(28)30-13-19-24-17-8-7-16(23)12-18(17)27(19)10-11-29/h2-8,12,29H,1,9-11,13H2. The summed E-state index contributed by atoms with van der Waals surface area (Å²) in [5.41, 5.74) is 2.68. The lowest BCUT2D eigenvalue weighted by Gasteiger charge is -2.09. The number of aliphatic hydroxyl groups excluding tert-OH is 1. The minimum Gasteiger partial charge on any atom is -0.395 e. The molecule has 2 heterocycles. The van der Waals surface area contributed by atoms with Gasteiger partial charge in [0, 0.05) is 28.7 Å². The first-order valence-electron chi connectivity index (χ1n) is 9.29. The molecule has 4 rings (SSSR count). The maximum Gasteiger partial charge on any atom is 0.192 e. The summed E-state index contributed by atoms with van der Waals surface area (Å²) in [7, 11) is 0. The molecule has 4 aromatic rings. The molecule has 0 spiro atoms. The number of aliphatic hydroxyl groups is 1. The van der Waals surface area contributed by atoms with Gasteiger partial charge in [0.15, 0.2) is 11.0 Å². The molecule has 30 heavy (non-hydrogen) atoms. The van der Waals surface area contributed by atoms with Crippen LogP contribution in [0.5, 0.6) is 0 Å². The Morgan fingerprint density at radius 1 is 1.03 bits per heavy atom. The molecular formula is C21H19Cl2N5OS. The summed E-state index contributed by atoms with van der Waals surface area (Å²) < 4.78 is 4.00. The van der Waals surface area contributed by atoms with Crippen LogP contribution in [0.15, 0.2) is 60.3 Å². The highest BCUT2D eigenvalue weighted by Crippen LogP contribution is 2.29. The summed E-state index contributed by atoms with van der Waals surface area (Å²) in [5.74, 6) is 2.17. The fourth-order valence-corrected chi connectivity index (χ4v) is 4.42. The van der Waals surface area contributed by atoms with Crippen molar-refractivity contribution >= 4 is 46.0 Å². The van der Waals surface area contributed by atoms with Crippen molar-refractivity contribution in [3.05, 3.63) is 71.0 Å². The first kappa shape index (κ1) is 20.9. The van der Waals surface area contributed by atoms with Gasteiger partial charge in [-0.05, 0) is 42.5 Å². The third kappa shape index (κ3) is 4.25. The monoisotopic (exact) mass is 459 g/mol. The Balaban J connectivity index is 1.64. The Hall–Kier alpha value is -2.32. The van der Waals surface area contributed by atoms with Crippen LogP contribution in [-0.4, -0.2) is 36.0 Å². The molecule has 6 nitrogen and oxygen atoms in total. The molecule has 2 aromatic carbocycles. The van der Waals surface area contributed by atoms with Crippen molar-refractivity contribution in [2.75, 3.05) is 6.61 Å². The number of halogens is 2. The van der Waals surface area contributed by atoms with Gasteiger partial charge in [-0.15, -0.1) is 16.8 Å². The molecule has 0 atom stereocenters. The lowest BCUT2D eigenvalue weighted by molar-refractivity contribution is 0.276. The van der Waals surface area contributed by atoms with E-state index in [2.05, 4.69) is 16.8 Å². The van der Waals surface area contributed by atoms with Crippen molar-refractivity contribution in [1.82, 2.24) is 24.3 Å². The van der Waals surface area contributed by atoms with E-state index in [1.807, 2.05) is 57.7 Å². The van der Waals surface area contributed by atoms with Crippen LogP contribution in [0.25, 0.3) is 22.4 Å². The summed E-state index contributed by atoms with van der Waals surface area (Å²) >= 11 is 13.7. The van der Waals surface area contributed by atoms with Crippen LogP contribution in [0.2, 0.25) is 10.0 Å². The maximum atomic E-state index is 9.50. The molecular weight excluding hydrogens is 441 g/mol. The molecule has 0 bridgehead atoms. The van der Waals surface area contributed by atoms with Gasteiger partial charge in [-0.1, -0.05) is 41.0 Å². The third-order valence-electron chi connectivity index (χ3n) is 4.57. The quantitative estimate of drug-likeness (QED) is 0.294. The summed E-state index contributed by atoms with van der Waals surface area (Å²) in [6.07, 6.45) is 1.82. The lowest BCUT2D eigenvalue weighted by atomic mass is 10.2. The van der Waals surface area contributed by atoms with E-state index in [1.165, 1.54) is 11.8 Å². The van der Waals surface area contributed by atoms with Crippen LogP contribution in [0.1, 0.15) is 5.82 Å². The van der Waals surface area contributed by atoms with E-state index in [-0.39, 0.29) is 6.61 Å². The minimum absolute atomic E-state index is 0.0169. The molecule has 0 unspecified atom stereocenters. The van der Waals surface area contributed by atoms with Gasteiger partial charge in [0.25, 0.3) is 0 Å². The number of allylic oxidation sites excluding steroid dienone is 1. The zero-order valence-corrected chi connectivity index (χ0v) is 18.3. The van der Waals surface area contributed by atoms with Crippen molar-refractivity contribution in [3.8, 4) is 11.4 Å². The van der Waals surface area contributed by atoms with E-state index in [9.17, 15) is 5.11 Å². The fraction of sp³-hybridized carbons (Fsp3) is 0.190. The molecule has 9 heteroatoms. The second kappa shape index (κ2) is 9.22. The summed E-state index contributed by atoms with van der Waals surface area (Å²) in [6.45, 7) is 4.90. The summed E-state index contributed by atoms with van der Waals surface area (Å²) in [5, 5.41) is 20.3. The lowest BCUT2D eigenvalue weighted by Crippen LogP contribution is -2.07. The normalized spacial score (nSPS) is 11.3. The van der Waals surface area contributed by atoms with E-state index in [0.29, 0.717) is 28.9 Å². The largest absolute Gasteiger partial charge is 0.395 e. The predicted molar refractivity (Wildman–Crippen MR) is 122 cm³/mol. The zero-order valence-electron chi connectivity index (χ0n) is 16.0. The van der Waals surface area contributed by atoms with Crippen LogP contribution in [0.4, 0.5) is 0 Å². The van der Waals surface area contributed by atoms with E-state index in [4.69, 9.17) is 28.2 Å². The number of nitrogens with zero attached hydrogens (tertiary/aromatic N) is 5. The number of benzene rings is 2. The molecule has 0 fully saturated rings. The van der Waals surface area contributed by atoms with Crippen LogP contribution >= 0.6 is 35.0 Å². The molecule has 0 amide bonds. The van der Waals surface area contributed by atoms with Crippen molar-refractivity contribution in [3.63, 3.8) is 0 Å². The van der Waals surface area contributed by atoms with Crippen molar-refractivity contribution in [1.29, 1.82) is 0 Å². The molecule has 0 aliphatic carbocycles. The number of hydrogen-bond acceptors (Lipinski definition) is 5. The number of aromatic nitrogens is 5. The van der Waals surface area contributed by atoms with Gasteiger partial charge in [-0.25, -0.2) is 4.98 Å². The second-order valence-electron chi connectivity index (χ2n) is 6.54. The van der Waals surface area contributed by atoms with E-state index in [0.717, 1.165) is 33.4 Å². The number of imidazole rings is 1. The minimum atomic E-state index is 0.0169. The molecule has 0 aliphatic rings. The summed E-state index contributed by atoms with van der Waals surface area (Å²) in [4.78, 5) is 4.72. The van der Waals surface area contributed by atoms with Gasteiger partial charge < -0.3 is 9.67 Å². The Morgan fingerprint density at radius 3 is 2.53 bits per heavy atom. The Kier molecular flexibility index (Phi) is 6.43. The number of rotatable bonds is 8. The maximum absolute atomic E-state index is 9.50. The van der Waals surface area contributed by atoms with Crippen molar-refractivity contribution < 1.29 is 5.11 Å². The molecule has 0 saturated carbocycles. The zero-order chi connectivity index (χ0) is 21.1. The molecule has 0 saturated heterocycles. The van der Waals surface area contributed by atoms with E-state index >= 15 is 0 Å². The average molecular weight is 460 g/mol. The highest BCUT2D eigenvalue weighted by molar-refractivity contribution is 7.98. The first-order chi connectivity index (χ1) is 14.6. The van der Waals surface area contributed by atoms with E-state index in [1.54, 1.807) is 0 Å². The average Bonchev–Trinajstić information content (AvgIpc) is 3.29. The Bertz CT molecular complexity index is 1190. The van der Waals surface area contributed by atoms with Crippen LogP contribution < -0.4 is 0 Å². The molecule has 1 N–H and O–H groups in total. The van der Waals surface area contributed by atoms with Crippen LogP contribution in [-0.2, 0) is 18.8 Å². The van der Waals surface area contributed by atoms with Crippen molar-refractivity contribution in [2.24, 2.45) is 0 Å². The Labute approximate surface area is 188 Å². The van der Waals surface area contributed by atoms with Gasteiger partial charge in [-0.3, -0.25) is 4.57 Å².